The molecular formula is C13H15BrFNO2. The highest BCUT2D eigenvalue weighted by Gasteiger charge is 2.16. The second-order valence-corrected chi connectivity index (χ2v) is 5.25. The Balaban J connectivity index is 1.83. The van der Waals surface area contributed by atoms with Gasteiger partial charge < -0.3 is 10.1 Å². The van der Waals surface area contributed by atoms with Gasteiger partial charge in [0.2, 0.25) is 0 Å². The maximum Gasteiger partial charge on any atom is 0.252 e. The fraction of sp³-hybridized carbons (Fsp3) is 0.462. The van der Waals surface area contributed by atoms with Crippen LogP contribution in [0.1, 0.15) is 23.2 Å². The highest BCUT2D eigenvalue weighted by molar-refractivity contribution is 9.10. The van der Waals surface area contributed by atoms with Crippen LogP contribution in [0.25, 0.3) is 0 Å². The number of halogens is 2. The zero-order valence-corrected chi connectivity index (χ0v) is 11.5. The van der Waals surface area contributed by atoms with E-state index in [0.29, 0.717) is 22.5 Å². The first kappa shape index (κ1) is 13.5. The van der Waals surface area contributed by atoms with Gasteiger partial charge in [0, 0.05) is 24.2 Å². The van der Waals surface area contributed by atoms with Crippen LogP contribution < -0.4 is 5.32 Å². The molecule has 1 amide bonds. The van der Waals surface area contributed by atoms with E-state index < -0.39 is 0 Å². The zero-order valence-electron chi connectivity index (χ0n) is 9.92. The van der Waals surface area contributed by atoms with Gasteiger partial charge in [-0.1, -0.05) is 0 Å². The molecule has 1 aliphatic rings. The Morgan fingerprint density at radius 1 is 1.56 bits per heavy atom. The fourth-order valence-corrected chi connectivity index (χ4v) is 2.50. The molecule has 0 spiro atoms. The molecule has 98 valence electrons. The number of rotatable bonds is 4. The van der Waals surface area contributed by atoms with Crippen molar-refractivity contribution < 1.29 is 13.9 Å². The first-order valence-corrected chi connectivity index (χ1v) is 6.77. The monoisotopic (exact) mass is 315 g/mol. The number of benzene rings is 1. The van der Waals surface area contributed by atoms with Crippen molar-refractivity contribution in [1.82, 2.24) is 5.32 Å². The predicted molar refractivity (Wildman–Crippen MR) is 70.0 cm³/mol. The van der Waals surface area contributed by atoms with Crippen LogP contribution in [0.4, 0.5) is 4.39 Å². The molecule has 1 aromatic rings. The van der Waals surface area contributed by atoms with Crippen molar-refractivity contribution in [1.29, 1.82) is 0 Å². The minimum Gasteiger partial charge on any atom is -0.381 e. The molecule has 5 heteroatoms. The zero-order chi connectivity index (χ0) is 13.0. The highest BCUT2D eigenvalue weighted by Crippen LogP contribution is 2.18. The molecule has 0 bridgehead atoms. The summed E-state index contributed by atoms with van der Waals surface area (Å²) in [7, 11) is 0. The van der Waals surface area contributed by atoms with Crippen molar-refractivity contribution in [2.45, 2.75) is 12.8 Å². The van der Waals surface area contributed by atoms with Gasteiger partial charge in [-0.2, -0.15) is 0 Å². The topological polar surface area (TPSA) is 38.3 Å². The summed E-state index contributed by atoms with van der Waals surface area (Å²) in [6.07, 6.45) is 1.99. The number of hydrogen-bond acceptors (Lipinski definition) is 2. The van der Waals surface area contributed by atoms with Gasteiger partial charge in [-0.05, 0) is 52.9 Å². The summed E-state index contributed by atoms with van der Waals surface area (Å²) < 4.78 is 18.6. The van der Waals surface area contributed by atoms with Crippen LogP contribution in [-0.2, 0) is 4.74 Å². The van der Waals surface area contributed by atoms with Crippen molar-refractivity contribution in [3.63, 3.8) is 0 Å². The van der Waals surface area contributed by atoms with Crippen molar-refractivity contribution in [3.05, 3.63) is 34.1 Å². The van der Waals surface area contributed by atoms with Crippen LogP contribution >= 0.6 is 15.9 Å². The molecular weight excluding hydrogens is 301 g/mol. The number of carbonyl (C=O) groups excluding carboxylic acids is 1. The lowest BCUT2D eigenvalue weighted by molar-refractivity contribution is 0.0949. The average Bonchev–Trinajstić information content (AvgIpc) is 2.81. The lowest BCUT2D eigenvalue weighted by atomic mass is 10.1. The van der Waals surface area contributed by atoms with Crippen LogP contribution in [0, 0.1) is 11.7 Å². The number of hydrogen-bond donors (Lipinski definition) is 1. The normalized spacial score (nSPS) is 18.9. The number of nitrogens with one attached hydrogen (secondary N) is 1. The SMILES string of the molecule is O=C(NCCC1CCOC1)c1ccc(F)cc1Br. The van der Waals surface area contributed by atoms with E-state index >= 15 is 0 Å². The van der Waals surface area contributed by atoms with E-state index in [1.54, 1.807) is 0 Å². The molecule has 2 rings (SSSR count). The van der Waals surface area contributed by atoms with E-state index in [0.717, 1.165) is 26.1 Å². The van der Waals surface area contributed by atoms with Gasteiger partial charge in [0.1, 0.15) is 5.82 Å². The molecule has 3 nitrogen and oxygen atoms in total. The maximum atomic E-state index is 12.9. The molecule has 1 saturated heterocycles. The van der Waals surface area contributed by atoms with Gasteiger partial charge in [0.25, 0.3) is 5.91 Å². The van der Waals surface area contributed by atoms with Gasteiger partial charge in [-0.3, -0.25) is 4.79 Å². The summed E-state index contributed by atoms with van der Waals surface area (Å²) in [5.41, 5.74) is 0.457. The van der Waals surface area contributed by atoms with Crippen molar-refractivity contribution in [3.8, 4) is 0 Å². The molecule has 1 unspecified atom stereocenters. The van der Waals surface area contributed by atoms with Crippen LogP contribution in [-0.4, -0.2) is 25.7 Å². The lowest BCUT2D eigenvalue weighted by Crippen LogP contribution is -2.26. The summed E-state index contributed by atoms with van der Waals surface area (Å²) >= 11 is 3.19. The van der Waals surface area contributed by atoms with E-state index in [9.17, 15) is 9.18 Å². The molecule has 0 aliphatic carbocycles. The molecule has 1 aromatic carbocycles. The minimum absolute atomic E-state index is 0.180. The molecule has 0 radical (unpaired) electrons. The van der Waals surface area contributed by atoms with Crippen molar-refractivity contribution >= 4 is 21.8 Å². The number of carbonyl (C=O) groups is 1. The molecule has 1 heterocycles. The predicted octanol–water partition coefficient (Wildman–Crippen LogP) is 2.74. The van der Waals surface area contributed by atoms with Gasteiger partial charge >= 0.3 is 0 Å². The van der Waals surface area contributed by atoms with Gasteiger partial charge in [0.15, 0.2) is 0 Å². The third-order valence-electron chi connectivity index (χ3n) is 3.04. The Kier molecular flexibility index (Phi) is 4.72. The first-order valence-electron chi connectivity index (χ1n) is 5.98. The molecule has 1 N–H and O–H groups in total. The quantitative estimate of drug-likeness (QED) is 0.927. The second kappa shape index (κ2) is 6.29. The van der Waals surface area contributed by atoms with E-state index in [-0.39, 0.29) is 11.7 Å². The fourth-order valence-electron chi connectivity index (χ4n) is 1.97. The molecule has 0 saturated carbocycles. The summed E-state index contributed by atoms with van der Waals surface area (Å²) in [5.74, 6) is 0.00396. The van der Waals surface area contributed by atoms with Gasteiger partial charge in [-0.15, -0.1) is 0 Å². The summed E-state index contributed by atoms with van der Waals surface area (Å²) in [4.78, 5) is 11.9. The third kappa shape index (κ3) is 3.53. The van der Waals surface area contributed by atoms with E-state index in [2.05, 4.69) is 21.2 Å². The molecule has 1 atom stereocenters. The largest absolute Gasteiger partial charge is 0.381 e. The smallest absolute Gasteiger partial charge is 0.252 e. The number of amides is 1. The Bertz CT molecular complexity index is 433. The van der Waals surface area contributed by atoms with Crippen molar-refractivity contribution in [2.24, 2.45) is 5.92 Å². The van der Waals surface area contributed by atoms with E-state index in [1.165, 1.54) is 18.2 Å². The number of ether oxygens (including phenoxy) is 1. The van der Waals surface area contributed by atoms with Crippen LogP contribution in [0.2, 0.25) is 0 Å². The second-order valence-electron chi connectivity index (χ2n) is 4.40. The molecule has 0 aromatic heterocycles. The van der Waals surface area contributed by atoms with Gasteiger partial charge in [-0.25, -0.2) is 4.39 Å². The van der Waals surface area contributed by atoms with Gasteiger partial charge in [0.05, 0.1) is 5.56 Å². The Labute approximate surface area is 114 Å². The summed E-state index contributed by atoms with van der Waals surface area (Å²) in [6.45, 7) is 2.23. The van der Waals surface area contributed by atoms with Crippen LogP contribution in [0.15, 0.2) is 22.7 Å². The first-order chi connectivity index (χ1) is 8.66. The van der Waals surface area contributed by atoms with Crippen LogP contribution in [0.3, 0.4) is 0 Å². The molecule has 1 fully saturated rings. The highest BCUT2D eigenvalue weighted by atomic mass is 79.9. The van der Waals surface area contributed by atoms with E-state index in [4.69, 9.17) is 4.74 Å². The Morgan fingerprint density at radius 3 is 3.06 bits per heavy atom. The third-order valence-corrected chi connectivity index (χ3v) is 3.69. The minimum atomic E-state index is -0.360. The molecule has 1 aliphatic heterocycles. The molecule has 18 heavy (non-hydrogen) atoms. The Morgan fingerprint density at radius 2 is 2.39 bits per heavy atom. The average molecular weight is 316 g/mol. The van der Waals surface area contributed by atoms with Crippen molar-refractivity contribution in [2.75, 3.05) is 19.8 Å². The van der Waals surface area contributed by atoms with Crippen LogP contribution in [0.5, 0.6) is 0 Å². The Hall–Kier alpha value is -0.940. The maximum absolute atomic E-state index is 12.9. The summed E-state index contributed by atoms with van der Waals surface area (Å²) in [5, 5.41) is 2.84. The van der Waals surface area contributed by atoms with E-state index in [1.807, 2.05) is 0 Å². The lowest BCUT2D eigenvalue weighted by Gasteiger charge is -2.09. The summed E-state index contributed by atoms with van der Waals surface area (Å²) in [6, 6.07) is 4.05. The standard InChI is InChI=1S/C13H15BrFNO2/c14-12-7-10(15)1-2-11(12)13(17)16-5-3-9-4-6-18-8-9/h1-2,7,9H,3-6,8H2,(H,16,17).